The van der Waals surface area contributed by atoms with E-state index < -0.39 is 0 Å². The van der Waals surface area contributed by atoms with E-state index in [1.165, 1.54) is 9.40 Å². The summed E-state index contributed by atoms with van der Waals surface area (Å²) in [5.74, 6) is 0.0801. The van der Waals surface area contributed by atoms with Crippen molar-refractivity contribution in [3.8, 4) is 0 Å². The molecule has 0 unspecified atom stereocenters. The van der Waals surface area contributed by atoms with Gasteiger partial charge in [-0.25, -0.2) is 0 Å². The van der Waals surface area contributed by atoms with Crippen LogP contribution >= 0.6 is 38.6 Å². The van der Waals surface area contributed by atoms with E-state index in [0.29, 0.717) is 0 Å². The Balaban J connectivity index is 1.90. The van der Waals surface area contributed by atoms with Crippen LogP contribution in [0.2, 0.25) is 0 Å². The van der Waals surface area contributed by atoms with Gasteiger partial charge in [0.1, 0.15) is 0 Å². The molecule has 0 saturated heterocycles. The van der Waals surface area contributed by atoms with Gasteiger partial charge in [0.05, 0.1) is 4.88 Å². The SMILES string of the molecule is O=C(c1cc2sccc2s1)c1c[nH]c2cccc(Br)c12. The molecule has 0 bridgehead atoms. The van der Waals surface area contributed by atoms with Gasteiger partial charge in [0.2, 0.25) is 5.78 Å². The third-order valence-electron chi connectivity index (χ3n) is 3.26. The lowest BCUT2D eigenvalue weighted by Crippen LogP contribution is -1.97. The second kappa shape index (κ2) is 4.55. The van der Waals surface area contributed by atoms with Crippen LogP contribution in [0.15, 0.2) is 46.4 Å². The van der Waals surface area contributed by atoms with Gasteiger partial charge in [0, 0.05) is 36.5 Å². The zero-order chi connectivity index (χ0) is 13.7. The molecule has 0 spiro atoms. The highest BCUT2D eigenvalue weighted by atomic mass is 79.9. The number of aromatic nitrogens is 1. The van der Waals surface area contributed by atoms with Crippen molar-refractivity contribution < 1.29 is 4.79 Å². The number of hydrogen-bond donors (Lipinski definition) is 1. The summed E-state index contributed by atoms with van der Waals surface area (Å²) in [5.41, 5.74) is 1.70. The summed E-state index contributed by atoms with van der Waals surface area (Å²) in [6.45, 7) is 0. The first-order valence-corrected chi connectivity index (χ1v) is 8.50. The van der Waals surface area contributed by atoms with Gasteiger partial charge in [-0.3, -0.25) is 4.79 Å². The van der Waals surface area contributed by atoms with Crippen LogP contribution in [-0.2, 0) is 0 Å². The summed E-state index contributed by atoms with van der Waals surface area (Å²) >= 11 is 6.76. The molecule has 0 atom stereocenters. The topological polar surface area (TPSA) is 32.9 Å². The van der Waals surface area contributed by atoms with Gasteiger partial charge in [-0.1, -0.05) is 22.0 Å². The largest absolute Gasteiger partial charge is 0.360 e. The molecule has 0 saturated carbocycles. The Bertz CT molecular complexity index is 919. The van der Waals surface area contributed by atoms with Crippen molar-refractivity contribution in [2.75, 3.05) is 0 Å². The number of benzene rings is 1. The van der Waals surface area contributed by atoms with Gasteiger partial charge < -0.3 is 4.98 Å². The normalized spacial score (nSPS) is 11.4. The van der Waals surface area contributed by atoms with Crippen molar-refractivity contribution in [3.05, 3.63) is 56.8 Å². The Morgan fingerprint density at radius 3 is 2.95 bits per heavy atom. The summed E-state index contributed by atoms with van der Waals surface area (Å²) in [6, 6.07) is 9.94. The maximum absolute atomic E-state index is 12.7. The fourth-order valence-electron chi connectivity index (χ4n) is 2.33. The molecule has 3 heterocycles. The molecule has 20 heavy (non-hydrogen) atoms. The first-order valence-electron chi connectivity index (χ1n) is 6.01. The Hall–Kier alpha value is -1.43. The fraction of sp³-hybridized carbons (Fsp3) is 0. The fourth-order valence-corrected chi connectivity index (χ4v) is 4.97. The summed E-state index contributed by atoms with van der Waals surface area (Å²) in [6.07, 6.45) is 1.80. The lowest BCUT2D eigenvalue weighted by Gasteiger charge is -1.98. The molecule has 3 aromatic heterocycles. The molecular weight excluding hydrogens is 354 g/mol. The summed E-state index contributed by atoms with van der Waals surface area (Å²) in [4.78, 5) is 16.7. The van der Waals surface area contributed by atoms with Gasteiger partial charge >= 0.3 is 0 Å². The molecule has 1 aromatic carbocycles. The van der Waals surface area contributed by atoms with Crippen molar-refractivity contribution in [1.29, 1.82) is 0 Å². The highest BCUT2D eigenvalue weighted by Crippen LogP contribution is 2.34. The second-order valence-electron chi connectivity index (χ2n) is 4.45. The summed E-state index contributed by atoms with van der Waals surface area (Å²) < 4.78 is 3.30. The molecule has 4 rings (SSSR count). The molecule has 2 nitrogen and oxygen atoms in total. The number of halogens is 1. The number of carbonyl (C=O) groups excluding carboxylic acids is 1. The van der Waals surface area contributed by atoms with Crippen LogP contribution in [0.4, 0.5) is 0 Å². The molecule has 0 aliphatic carbocycles. The van der Waals surface area contributed by atoms with Crippen LogP contribution < -0.4 is 0 Å². The minimum Gasteiger partial charge on any atom is -0.360 e. The van der Waals surface area contributed by atoms with Crippen LogP contribution in [0, 0.1) is 0 Å². The molecule has 0 aliphatic rings. The smallest absolute Gasteiger partial charge is 0.205 e. The summed E-state index contributed by atoms with van der Waals surface area (Å²) in [5, 5.41) is 3.01. The average Bonchev–Trinajstić information content (AvgIpc) is 3.11. The van der Waals surface area contributed by atoms with E-state index in [2.05, 4.69) is 32.4 Å². The minimum atomic E-state index is 0.0801. The number of carbonyl (C=O) groups is 1. The molecule has 1 N–H and O–H groups in total. The maximum atomic E-state index is 12.7. The number of nitrogens with one attached hydrogen (secondary N) is 1. The number of ketones is 1. The Morgan fingerprint density at radius 1 is 1.20 bits per heavy atom. The standard InChI is InChI=1S/C15H8BrNOS2/c16-9-2-1-3-10-14(9)8(7-17-10)15(18)13-6-12-11(20-13)4-5-19-12/h1-7,17H. The lowest BCUT2D eigenvalue weighted by atomic mass is 10.1. The predicted octanol–water partition coefficient (Wildman–Crippen LogP) is 5.44. The Labute approximate surface area is 131 Å². The molecule has 4 aromatic rings. The summed E-state index contributed by atoms with van der Waals surface area (Å²) in [7, 11) is 0. The number of thiophene rings is 2. The predicted molar refractivity (Wildman–Crippen MR) is 89.1 cm³/mol. The first kappa shape index (κ1) is 12.3. The van der Waals surface area contributed by atoms with E-state index in [1.807, 2.05) is 24.3 Å². The zero-order valence-electron chi connectivity index (χ0n) is 10.1. The van der Waals surface area contributed by atoms with E-state index in [0.717, 1.165) is 25.8 Å². The molecule has 0 radical (unpaired) electrons. The van der Waals surface area contributed by atoms with Crippen molar-refractivity contribution in [2.24, 2.45) is 0 Å². The highest BCUT2D eigenvalue weighted by Gasteiger charge is 2.18. The number of fused-ring (bicyclic) bond motifs is 2. The van der Waals surface area contributed by atoms with Crippen LogP contribution in [-0.4, -0.2) is 10.8 Å². The Morgan fingerprint density at radius 2 is 2.10 bits per heavy atom. The minimum absolute atomic E-state index is 0.0801. The van der Waals surface area contributed by atoms with Crippen molar-refractivity contribution in [1.82, 2.24) is 4.98 Å². The van der Waals surface area contributed by atoms with Gasteiger partial charge in [-0.2, -0.15) is 0 Å². The van der Waals surface area contributed by atoms with Gasteiger partial charge in [-0.05, 0) is 29.6 Å². The van der Waals surface area contributed by atoms with Gasteiger partial charge in [0.25, 0.3) is 0 Å². The van der Waals surface area contributed by atoms with E-state index >= 15 is 0 Å². The monoisotopic (exact) mass is 361 g/mol. The Kier molecular flexibility index (Phi) is 2.80. The second-order valence-corrected chi connectivity index (χ2v) is 7.34. The van der Waals surface area contributed by atoms with Crippen LogP contribution in [0.1, 0.15) is 15.2 Å². The molecule has 0 fully saturated rings. The number of aromatic amines is 1. The number of rotatable bonds is 2. The van der Waals surface area contributed by atoms with Crippen LogP contribution in [0.25, 0.3) is 20.3 Å². The van der Waals surface area contributed by atoms with Crippen molar-refractivity contribution in [2.45, 2.75) is 0 Å². The maximum Gasteiger partial charge on any atom is 0.205 e. The van der Waals surface area contributed by atoms with E-state index in [1.54, 1.807) is 28.9 Å². The molecular formula is C15H8BrNOS2. The third kappa shape index (κ3) is 1.78. The molecule has 98 valence electrons. The molecule has 0 amide bonds. The van der Waals surface area contributed by atoms with Crippen molar-refractivity contribution in [3.63, 3.8) is 0 Å². The quantitative estimate of drug-likeness (QED) is 0.474. The average molecular weight is 362 g/mol. The van der Waals surface area contributed by atoms with Gasteiger partial charge in [-0.15, -0.1) is 22.7 Å². The van der Waals surface area contributed by atoms with Crippen LogP contribution in [0.5, 0.6) is 0 Å². The van der Waals surface area contributed by atoms with E-state index in [4.69, 9.17) is 0 Å². The number of hydrogen-bond acceptors (Lipinski definition) is 3. The number of H-pyrrole nitrogens is 1. The van der Waals surface area contributed by atoms with E-state index in [-0.39, 0.29) is 5.78 Å². The van der Waals surface area contributed by atoms with E-state index in [9.17, 15) is 4.79 Å². The third-order valence-corrected chi connectivity index (χ3v) is 6.02. The van der Waals surface area contributed by atoms with Gasteiger partial charge in [0.15, 0.2) is 0 Å². The first-order chi connectivity index (χ1) is 9.74. The molecule has 5 heteroatoms. The lowest BCUT2D eigenvalue weighted by molar-refractivity contribution is 0.104. The molecule has 0 aliphatic heterocycles. The van der Waals surface area contributed by atoms with Crippen LogP contribution in [0.3, 0.4) is 0 Å². The highest BCUT2D eigenvalue weighted by molar-refractivity contribution is 9.10. The van der Waals surface area contributed by atoms with Crippen molar-refractivity contribution >= 4 is 64.7 Å². The zero-order valence-corrected chi connectivity index (χ0v) is 13.4.